The van der Waals surface area contributed by atoms with Gasteiger partial charge in [-0.2, -0.15) is 11.1 Å². The fraction of sp³-hybridized carbons (Fsp3) is 0.259. The van der Waals surface area contributed by atoms with Crippen molar-refractivity contribution >= 4 is 61.6 Å². The van der Waals surface area contributed by atoms with Crippen LogP contribution >= 0.6 is 37.2 Å². The molecule has 0 saturated heterocycles. The van der Waals surface area contributed by atoms with E-state index in [2.05, 4.69) is 203 Å². The number of allylic oxidation sites excluding steroid dienone is 4. The first-order chi connectivity index (χ1) is 26.3. The number of halogens is 3. The maximum Gasteiger partial charge on any atom is 0.154 e. The van der Waals surface area contributed by atoms with Crippen LogP contribution in [-0.4, -0.2) is 8.80 Å². The van der Waals surface area contributed by atoms with Gasteiger partial charge in [-0.25, -0.2) is 5.57 Å². The number of benzene rings is 6. The van der Waals surface area contributed by atoms with E-state index >= 15 is 0 Å². The molecule has 1 aliphatic rings. The predicted octanol–water partition coefficient (Wildman–Crippen LogP) is 12.8. The molecule has 0 aromatic heterocycles. The fourth-order valence-electron chi connectivity index (χ4n) is 8.39. The normalized spacial score (nSPS) is 12.9. The zero-order valence-corrected chi connectivity index (χ0v) is 41.6. The van der Waals surface area contributed by atoms with Crippen molar-refractivity contribution in [2.75, 3.05) is 0 Å². The molecule has 1 unspecified atom stereocenters. The van der Waals surface area contributed by atoms with Gasteiger partial charge in [0.15, 0.2) is 8.80 Å². The Bertz CT molecular complexity index is 2100. The molecular formula is C54H61Cl3SiTi-. The first kappa shape index (κ1) is 51.7. The van der Waals surface area contributed by atoms with Crippen LogP contribution in [0.3, 0.4) is 0 Å². The Hall–Kier alpha value is -3.40. The van der Waals surface area contributed by atoms with E-state index in [-0.39, 0.29) is 58.9 Å². The maximum atomic E-state index is 3.36. The van der Waals surface area contributed by atoms with E-state index < -0.39 is 8.80 Å². The molecule has 1 aliphatic carbocycles. The zero-order valence-electron chi connectivity index (χ0n) is 36.5. The van der Waals surface area contributed by atoms with Gasteiger partial charge in [-0.3, -0.25) is 6.08 Å². The van der Waals surface area contributed by atoms with Gasteiger partial charge in [0, 0.05) is 21.7 Å². The second kappa shape index (κ2) is 23.6. The molecule has 0 saturated carbocycles. The molecule has 0 N–H and O–H groups in total. The number of rotatable bonds is 9. The largest absolute Gasteiger partial charge is 0.266 e. The number of hydrogen-bond acceptors (Lipinski definition) is 0. The minimum absolute atomic E-state index is 0. The van der Waals surface area contributed by atoms with Crippen LogP contribution in [0.1, 0.15) is 94.5 Å². The van der Waals surface area contributed by atoms with Gasteiger partial charge in [-0.1, -0.05) is 203 Å². The van der Waals surface area contributed by atoms with Crippen LogP contribution in [0.2, 0.25) is 0 Å². The molecule has 6 aromatic rings. The SMILES string of the molecule is CC1=[C-]C(C)C(C)=C1C.Cc1cc(C)cc(Cc2cccc([Si](c3cccc(Cc4cc(C)cc(C)c4)c3)c3cccc(Cc4cc(C)cc(C)c4)c3)c2)c1.Cl.Cl.Cl.[Ti]. The van der Waals surface area contributed by atoms with Gasteiger partial charge < -0.3 is 0 Å². The average molecular weight is 892 g/mol. The van der Waals surface area contributed by atoms with Crippen molar-refractivity contribution in [3.8, 4) is 0 Å². The monoisotopic (exact) mass is 890 g/mol. The molecule has 6 aromatic carbocycles. The van der Waals surface area contributed by atoms with Gasteiger partial charge in [0.05, 0.1) is 0 Å². The van der Waals surface area contributed by atoms with Gasteiger partial charge >= 0.3 is 0 Å². The summed E-state index contributed by atoms with van der Waals surface area (Å²) < 4.78 is 0. The van der Waals surface area contributed by atoms with Crippen molar-refractivity contribution in [1.82, 2.24) is 0 Å². The van der Waals surface area contributed by atoms with E-state index in [1.165, 1.54) is 99.0 Å². The van der Waals surface area contributed by atoms with Crippen molar-refractivity contribution in [2.45, 2.75) is 88.5 Å². The third-order valence-electron chi connectivity index (χ3n) is 11.0. The summed E-state index contributed by atoms with van der Waals surface area (Å²) in [6.07, 6.45) is 6.21. The summed E-state index contributed by atoms with van der Waals surface area (Å²) in [5.41, 5.74) is 20.5. The molecule has 0 fully saturated rings. The molecule has 0 heterocycles. The van der Waals surface area contributed by atoms with Gasteiger partial charge in [-0.15, -0.1) is 44.1 Å². The fourth-order valence-corrected chi connectivity index (χ4v) is 11.2. The molecule has 59 heavy (non-hydrogen) atoms. The van der Waals surface area contributed by atoms with Crippen molar-refractivity contribution in [2.24, 2.45) is 5.92 Å². The van der Waals surface area contributed by atoms with Gasteiger partial charge in [0.2, 0.25) is 0 Å². The van der Waals surface area contributed by atoms with E-state index in [1.54, 1.807) is 0 Å². The van der Waals surface area contributed by atoms with Crippen LogP contribution in [-0.2, 0) is 41.0 Å². The molecule has 0 amide bonds. The van der Waals surface area contributed by atoms with E-state index in [0.29, 0.717) is 5.92 Å². The summed E-state index contributed by atoms with van der Waals surface area (Å²) in [5, 5.41) is 4.33. The molecule has 5 heteroatoms. The molecule has 307 valence electrons. The number of hydrogen-bond donors (Lipinski definition) is 0. The first-order valence-electron chi connectivity index (χ1n) is 19.9. The maximum absolute atomic E-state index is 3.36. The summed E-state index contributed by atoms with van der Waals surface area (Å²) >= 11 is 0. The smallest absolute Gasteiger partial charge is 0.154 e. The van der Waals surface area contributed by atoms with Gasteiger partial charge in [0.1, 0.15) is 0 Å². The minimum atomic E-state index is -1.27. The van der Waals surface area contributed by atoms with Gasteiger partial charge in [0.25, 0.3) is 0 Å². The van der Waals surface area contributed by atoms with Crippen LogP contribution in [0.25, 0.3) is 0 Å². The Morgan fingerprint density at radius 2 is 0.695 bits per heavy atom. The Balaban J connectivity index is 0.000000821. The van der Waals surface area contributed by atoms with Crippen molar-refractivity contribution in [3.63, 3.8) is 0 Å². The summed E-state index contributed by atoms with van der Waals surface area (Å²) in [6, 6.07) is 49.1. The van der Waals surface area contributed by atoms with Crippen LogP contribution in [0.5, 0.6) is 0 Å². The topological polar surface area (TPSA) is 0 Å². The van der Waals surface area contributed by atoms with E-state index in [1.807, 2.05) is 0 Å². The standard InChI is InChI=1S/C45H45Si.C9H13.3ClH.Ti/c1-31-16-32(2)20-40(19-31)25-37-10-7-13-43(28-37)46(44-14-8-11-38(29-44)26-41-21-33(3)17-34(4)22-41)45-15-9-12-39(30-45)27-42-23-35(5)18-36(6)24-42;1-6-5-7(2)9(4)8(6)3;;;;/h7-24,28-30H,25-27H2,1-6H3;6H,1-4H3;3*1H;/q;-1;;;;. The molecular weight excluding hydrogens is 831 g/mol. The molecule has 1 atom stereocenters. The number of aryl methyl sites for hydroxylation is 6. The Morgan fingerprint density at radius 3 is 0.915 bits per heavy atom. The van der Waals surface area contributed by atoms with Crippen molar-refractivity contribution in [3.05, 3.63) is 217 Å². The summed E-state index contributed by atoms with van der Waals surface area (Å²) in [5.74, 6) is 0.560. The Morgan fingerprint density at radius 1 is 0.407 bits per heavy atom. The van der Waals surface area contributed by atoms with E-state index in [0.717, 1.165) is 19.3 Å². The zero-order chi connectivity index (χ0) is 39.2. The summed E-state index contributed by atoms with van der Waals surface area (Å²) in [7, 11) is -1.27. The quantitative estimate of drug-likeness (QED) is 0.0771. The molecule has 0 spiro atoms. The summed E-state index contributed by atoms with van der Waals surface area (Å²) in [6.45, 7) is 21.9. The third kappa shape index (κ3) is 14.4. The van der Waals surface area contributed by atoms with E-state index in [9.17, 15) is 0 Å². The summed E-state index contributed by atoms with van der Waals surface area (Å²) in [4.78, 5) is 0. The predicted molar refractivity (Wildman–Crippen MR) is 262 cm³/mol. The Kier molecular flexibility index (Phi) is 20.7. The molecule has 0 nitrogen and oxygen atoms in total. The van der Waals surface area contributed by atoms with Crippen LogP contribution in [0.4, 0.5) is 0 Å². The molecule has 1 radical (unpaired) electrons. The average Bonchev–Trinajstić information content (AvgIpc) is 3.32. The first-order valence-corrected chi connectivity index (χ1v) is 21.4. The molecule has 0 bridgehead atoms. The third-order valence-corrected chi connectivity index (χ3v) is 13.6. The van der Waals surface area contributed by atoms with Crippen LogP contribution < -0.4 is 15.6 Å². The van der Waals surface area contributed by atoms with Crippen LogP contribution in [0, 0.1) is 53.5 Å². The molecule has 0 aliphatic heterocycles. The second-order valence-electron chi connectivity index (χ2n) is 16.3. The minimum Gasteiger partial charge on any atom is -0.266 e. The van der Waals surface area contributed by atoms with Crippen LogP contribution in [0.15, 0.2) is 144 Å². The molecule has 7 rings (SSSR count). The Labute approximate surface area is 391 Å². The van der Waals surface area contributed by atoms with Gasteiger partial charge in [-0.05, 0) is 94.2 Å². The van der Waals surface area contributed by atoms with E-state index in [4.69, 9.17) is 0 Å². The van der Waals surface area contributed by atoms with Crippen molar-refractivity contribution in [1.29, 1.82) is 0 Å². The van der Waals surface area contributed by atoms with Crippen molar-refractivity contribution < 1.29 is 21.7 Å². The second-order valence-corrected chi connectivity index (χ2v) is 18.8.